The number of anilines is 2. The van der Waals surface area contributed by atoms with Crippen molar-refractivity contribution < 1.29 is 13.2 Å². The van der Waals surface area contributed by atoms with Crippen LogP contribution in [0.3, 0.4) is 0 Å². The van der Waals surface area contributed by atoms with Gasteiger partial charge in [-0.15, -0.1) is 0 Å². The first-order valence-electron chi connectivity index (χ1n) is 8.17. The summed E-state index contributed by atoms with van der Waals surface area (Å²) in [6.45, 7) is 3.11. The molecule has 0 amide bonds. The minimum absolute atomic E-state index is 0.265. The van der Waals surface area contributed by atoms with Gasteiger partial charge in [-0.25, -0.2) is 8.42 Å². The van der Waals surface area contributed by atoms with E-state index in [0.29, 0.717) is 30.3 Å². The van der Waals surface area contributed by atoms with Gasteiger partial charge >= 0.3 is 0 Å². The van der Waals surface area contributed by atoms with Crippen molar-refractivity contribution >= 4 is 21.4 Å². The van der Waals surface area contributed by atoms with E-state index in [1.54, 1.807) is 30.3 Å². The van der Waals surface area contributed by atoms with Crippen LogP contribution in [0.25, 0.3) is 0 Å². The Kier molecular flexibility index (Phi) is 4.66. The monoisotopic (exact) mass is 346 g/mol. The third-order valence-electron chi connectivity index (χ3n) is 4.13. The Balaban J connectivity index is 1.93. The van der Waals surface area contributed by atoms with Gasteiger partial charge in [-0.05, 0) is 61.2 Å². The van der Waals surface area contributed by atoms with Crippen LogP contribution in [0.4, 0.5) is 11.4 Å². The molecular formula is C18H22N2O3S. The second kappa shape index (κ2) is 6.73. The predicted molar refractivity (Wildman–Crippen MR) is 95.9 cm³/mol. The van der Waals surface area contributed by atoms with Gasteiger partial charge in [-0.1, -0.05) is 13.0 Å². The maximum atomic E-state index is 13.0. The zero-order valence-electron chi connectivity index (χ0n) is 13.7. The zero-order valence-corrected chi connectivity index (χ0v) is 14.6. The lowest BCUT2D eigenvalue weighted by Crippen LogP contribution is -2.35. The van der Waals surface area contributed by atoms with Crippen LogP contribution in [0.1, 0.15) is 25.3 Å². The highest BCUT2D eigenvalue weighted by Gasteiger charge is 2.29. The van der Waals surface area contributed by atoms with Crippen LogP contribution in [0.15, 0.2) is 47.4 Å². The summed E-state index contributed by atoms with van der Waals surface area (Å²) in [7, 11) is -3.61. The number of hydrogen-bond donors (Lipinski definition) is 1. The average Bonchev–Trinajstić information content (AvgIpc) is 2.60. The SMILES string of the molecule is CCCOc1ccc(S(=O)(=O)N2CCCc3c(N)cccc32)cc1. The smallest absolute Gasteiger partial charge is 0.264 e. The van der Waals surface area contributed by atoms with Crippen molar-refractivity contribution in [3.05, 3.63) is 48.0 Å². The van der Waals surface area contributed by atoms with Crippen molar-refractivity contribution in [3.8, 4) is 5.75 Å². The summed E-state index contributed by atoms with van der Waals surface area (Å²) in [4.78, 5) is 0.265. The molecule has 24 heavy (non-hydrogen) atoms. The number of sulfonamides is 1. The third kappa shape index (κ3) is 3.06. The first kappa shape index (κ1) is 16.6. The Labute approximate surface area is 143 Å². The molecule has 0 radical (unpaired) electrons. The second-order valence-corrected chi connectivity index (χ2v) is 7.71. The van der Waals surface area contributed by atoms with Gasteiger partial charge < -0.3 is 10.5 Å². The minimum Gasteiger partial charge on any atom is -0.494 e. The Bertz CT molecular complexity index is 817. The van der Waals surface area contributed by atoms with Crippen molar-refractivity contribution in [1.82, 2.24) is 0 Å². The molecule has 0 fully saturated rings. The summed E-state index contributed by atoms with van der Waals surface area (Å²) in [5, 5.41) is 0. The molecule has 5 nitrogen and oxygen atoms in total. The first-order chi connectivity index (χ1) is 11.5. The van der Waals surface area contributed by atoms with Crippen LogP contribution < -0.4 is 14.8 Å². The lowest BCUT2D eigenvalue weighted by atomic mass is 10.0. The summed E-state index contributed by atoms with van der Waals surface area (Å²) in [5.74, 6) is 0.680. The summed E-state index contributed by atoms with van der Waals surface area (Å²) in [5.41, 5.74) is 8.26. The van der Waals surface area contributed by atoms with Crippen LogP contribution in [-0.2, 0) is 16.4 Å². The molecule has 0 bridgehead atoms. The molecule has 1 aliphatic rings. The maximum absolute atomic E-state index is 13.0. The van der Waals surface area contributed by atoms with E-state index in [4.69, 9.17) is 10.5 Å². The average molecular weight is 346 g/mol. The van der Waals surface area contributed by atoms with Crippen LogP contribution >= 0.6 is 0 Å². The number of rotatable bonds is 5. The number of hydrogen-bond acceptors (Lipinski definition) is 4. The predicted octanol–water partition coefficient (Wildman–Crippen LogP) is 3.20. The van der Waals surface area contributed by atoms with E-state index in [2.05, 4.69) is 0 Å². The molecule has 0 saturated heterocycles. The van der Waals surface area contributed by atoms with Gasteiger partial charge in [0.2, 0.25) is 0 Å². The second-order valence-electron chi connectivity index (χ2n) is 5.85. The largest absolute Gasteiger partial charge is 0.494 e. The van der Waals surface area contributed by atoms with E-state index in [1.165, 1.54) is 4.31 Å². The number of benzene rings is 2. The molecule has 6 heteroatoms. The summed E-state index contributed by atoms with van der Waals surface area (Å²) in [6.07, 6.45) is 2.47. The number of ether oxygens (including phenoxy) is 1. The third-order valence-corrected chi connectivity index (χ3v) is 5.96. The van der Waals surface area contributed by atoms with E-state index in [0.717, 1.165) is 24.8 Å². The highest BCUT2D eigenvalue weighted by Crippen LogP contribution is 2.35. The van der Waals surface area contributed by atoms with Gasteiger partial charge in [0.05, 0.1) is 17.2 Å². The standard InChI is InChI=1S/C18H22N2O3S/c1-2-13-23-14-8-10-15(11-9-14)24(21,22)20-12-4-5-16-17(19)6-3-7-18(16)20/h3,6-11H,2,4-5,12-13,19H2,1H3. The zero-order chi connectivity index (χ0) is 17.2. The van der Waals surface area contributed by atoms with E-state index >= 15 is 0 Å². The van der Waals surface area contributed by atoms with Gasteiger partial charge in [0, 0.05) is 12.2 Å². The Hall–Kier alpha value is -2.21. The lowest BCUT2D eigenvalue weighted by molar-refractivity contribution is 0.317. The molecule has 0 unspecified atom stereocenters. The summed E-state index contributed by atoms with van der Waals surface area (Å²) >= 11 is 0. The highest BCUT2D eigenvalue weighted by molar-refractivity contribution is 7.92. The molecular weight excluding hydrogens is 324 g/mol. The quantitative estimate of drug-likeness (QED) is 0.844. The van der Waals surface area contributed by atoms with Crippen molar-refractivity contribution in [2.75, 3.05) is 23.2 Å². The van der Waals surface area contributed by atoms with Gasteiger partial charge in [-0.3, -0.25) is 4.31 Å². The minimum atomic E-state index is -3.61. The fourth-order valence-corrected chi connectivity index (χ4v) is 4.46. The molecule has 0 atom stereocenters. The molecule has 0 aromatic heterocycles. The van der Waals surface area contributed by atoms with Crippen LogP contribution in [-0.4, -0.2) is 21.6 Å². The van der Waals surface area contributed by atoms with E-state index in [-0.39, 0.29) is 4.90 Å². The van der Waals surface area contributed by atoms with E-state index in [1.807, 2.05) is 19.1 Å². The number of nitrogens with zero attached hydrogens (tertiary/aromatic N) is 1. The molecule has 2 aromatic rings. The van der Waals surface area contributed by atoms with Crippen LogP contribution in [0, 0.1) is 0 Å². The van der Waals surface area contributed by atoms with Crippen LogP contribution in [0.5, 0.6) is 5.75 Å². The number of nitrogen functional groups attached to an aromatic ring is 1. The Morgan fingerprint density at radius 3 is 2.62 bits per heavy atom. The maximum Gasteiger partial charge on any atom is 0.264 e. The molecule has 0 aliphatic carbocycles. The number of fused-ring (bicyclic) bond motifs is 1. The topological polar surface area (TPSA) is 72.6 Å². The van der Waals surface area contributed by atoms with Gasteiger partial charge in [0.1, 0.15) is 5.75 Å². The van der Waals surface area contributed by atoms with Crippen LogP contribution in [0.2, 0.25) is 0 Å². The molecule has 0 saturated carbocycles. The Morgan fingerprint density at radius 1 is 1.17 bits per heavy atom. The molecule has 1 aliphatic heterocycles. The summed E-state index contributed by atoms with van der Waals surface area (Å²) < 4.78 is 33.0. The molecule has 1 heterocycles. The van der Waals surface area contributed by atoms with Gasteiger partial charge in [0.25, 0.3) is 10.0 Å². The first-order valence-corrected chi connectivity index (χ1v) is 9.61. The Morgan fingerprint density at radius 2 is 1.92 bits per heavy atom. The van der Waals surface area contributed by atoms with Crippen molar-refractivity contribution in [3.63, 3.8) is 0 Å². The van der Waals surface area contributed by atoms with Crippen molar-refractivity contribution in [1.29, 1.82) is 0 Å². The normalized spacial score (nSPS) is 14.3. The molecule has 0 spiro atoms. The van der Waals surface area contributed by atoms with E-state index in [9.17, 15) is 8.42 Å². The fourth-order valence-electron chi connectivity index (χ4n) is 2.92. The fraction of sp³-hybridized carbons (Fsp3) is 0.333. The lowest BCUT2D eigenvalue weighted by Gasteiger charge is -2.31. The molecule has 128 valence electrons. The summed E-state index contributed by atoms with van der Waals surface area (Å²) in [6, 6.07) is 12.0. The highest BCUT2D eigenvalue weighted by atomic mass is 32.2. The molecule has 2 N–H and O–H groups in total. The van der Waals surface area contributed by atoms with Gasteiger partial charge in [-0.2, -0.15) is 0 Å². The van der Waals surface area contributed by atoms with E-state index < -0.39 is 10.0 Å². The van der Waals surface area contributed by atoms with Crippen molar-refractivity contribution in [2.24, 2.45) is 0 Å². The van der Waals surface area contributed by atoms with Gasteiger partial charge in [0.15, 0.2) is 0 Å². The molecule has 2 aromatic carbocycles. The molecule has 3 rings (SSSR count). The van der Waals surface area contributed by atoms with Crippen molar-refractivity contribution in [2.45, 2.75) is 31.1 Å². The number of nitrogens with two attached hydrogens (primary N) is 1.